The largest absolute Gasteiger partial charge is 0.417 e. The van der Waals surface area contributed by atoms with Crippen LogP contribution in [0.3, 0.4) is 0 Å². The predicted molar refractivity (Wildman–Crippen MR) is 75.6 cm³/mol. The molecule has 0 aliphatic carbocycles. The van der Waals surface area contributed by atoms with Crippen molar-refractivity contribution in [3.63, 3.8) is 0 Å². The van der Waals surface area contributed by atoms with E-state index in [4.69, 9.17) is 11.1 Å². The molecule has 0 amide bonds. The van der Waals surface area contributed by atoms with Crippen LogP contribution >= 0.6 is 11.8 Å². The third-order valence-corrected chi connectivity index (χ3v) is 3.73. The Morgan fingerprint density at radius 2 is 1.95 bits per heavy atom. The van der Waals surface area contributed by atoms with Crippen LogP contribution in [0.25, 0.3) is 0 Å². The van der Waals surface area contributed by atoms with Crippen LogP contribution in [0.1, 0.15) is 16.7 Å². The van der Waals surface area contributed by atoms with Gasteiger partial charge in [0.1, 0.15) is 10.9 Å². The van der Waals surface area contributed by atoms with E-state index < -0.39 is 11.7 Å². The van der Waals surface area contributed by atoms with Gasteiger partial charge in [-0.15, -0.1) is 0 Å². The second-order valence-electron chi connectivity index (χ2n) is 4.40. The van der Waals surface area contributed by atoms with Crippen molar-refractivity contribution >= 4 is 17.6 Å². The molecule has 3 N–H and O–H groups in total. The normalized spacial score (nSPS) is 11.4. The van der Waals surface area contributed by atoms with Crippen molar-refractivity contribution in [3.05, 3.63) is 53.2 Å². The smallest absolute Gasteiger partial charge is 0.384 e. The average Bonchev–Trinajstić information content (AvgIpc) is 2.40. The molecule has 2 aromatic rings. The summed E-state index contributed by atoms with van der Waals surface area (Å²) < 4.78 is 37.4. The average molecular weight is 311 g/mol. The molecule has 0 radical (unpaired) electrons. The first-order valence-electron chi connectivity index (χ1n) is 5.93. The molecule has 7 heteroatoms. The summed E-state index contributed by atoms with van der Waals surface area (Å²) >= 11 is 1.17. The molecule has 1 aromatic heterocycles. The number of aryl methyl sites for hydroxylation is 1. The fourth-order valence-electron chi connectivity index (χ4n) is 1.66. The maximum Gasteiger partial charge on any atom is 0.417 e. The number of nitrogen functional groups attached to an aromatic ring is 1. The zero-order chi connectivity index (χ0) is 15.6. The minimum Gasteiger partial charge on any atom is -0.384 e. The highest BCUT2D eigenvalue weighted by Crippen LogP contribution is 2.32. The van der Waals surface area contributed by atoms with Crippen LogP contribution in [0.2, 0.25) is 0 Å². The third-order valence-electron chi connectivity index (χ3n) is 2.70. The number of nitrogens with two attached hydrogens (primary N) is 1. The van der Waals surface area contributed by atoms with E-state index >= 15 is 0 Å². The first-order chi connectivity index (χ1) is 9.77. The van der Waals surface area contributed by atoms with Gasteiger partial charge in [0, 0.05) is 16.7 Å². The van der Waals surface area contributed by atoms with Gasteiger partial charge in [0.25, 0.3) is 0 Å². The summed E-state index contributed by atoms with van der Waals surface area (Å²) in [6, 6.07) is 7.66. The van der Waals surface area contributed by atoms with Gasteiger partial charge in [0.2, 0.25) is 0 Å². The monoisotopic (exact) mass is 311 g/mol. The van der Waals surface area contributed by atoms with Gasteiger partial charge in [0.15, 0.2) is 0 Å². The fraction of sp³-hybridized carbons (Fsp3) is 0.143. The first kappa shape index (κ1) is 15.4. The Bertz CT molecular complexity index is 666. The van der Waals surface area contributed by atoms with Gasteiger partial charge in [-0.3, -0.25) is 5.41 Å². The van der Waals surface area contributed by atoms with Gasteiger partial charge in [-0.05, 0) is 31.2 Å². The summed E-state index contributed by atoms with van der Waals surface area (Å²) in [5.41, 5.74) is 6.22. The molecule has 0 saturated carbocycles. The van der Waals surface area contributed by atoms with E-state index in [-0.39, 0.29) is 5.84 Å². The molecular formula is C14H12F3N3S. The summed E-state index contributed by atoms with van der Waals surface area (Å²) in [5, 5.41) is 7.96. The zero-order valence-electron chi connectivity index (χ0n) is 11.0. The topological polar surface area (TPSA) is 62.8 Å². The number of hydrogen-bond acceptors (Lipinski definition) is 3. The number of halogens is 3. The molecule has 0 saturated heterocycles. The molecule has 110 valence electrons. The van der Waals surface area contributed by atoms with E-state index in [0.717, 1.165) is 17.8 Å². The fourth-order valence-corrected chi connectivity index (χ4v) is 2.55. The van der Waals surface area contributed by atoms with E-state index in [2.05, 4.69) is 4.98 Å². The number of hydrogen-bond donors (Lipinski definition) is 2. The number of amidine groups is 1. The summed E-state index contributed by atoms with van der Waals surface area (Å²) in [7, 11) is 0. The van der Waals surface area contributed by atoms with Crippen molar-refractivity contribution in [3.8, 4) is 0 Å². The molecule has 21 heavy (non-hydrogen) atoms. The second-order valence-corrected chi connectivity index (χ2v) is 5.46. The number of aromatic nitrogens is 1. The van der Waals surface area contributed by atoms with Crippen molar-refractivity contribution < 1.29 is 13.2 Å². The molecule has 2 rings (SSSR count). The molecule has 0 fully saturated rings. The Balaban J connectivity index is 2.28. The van der Waals surface area contributed by atoms with Gasteiger partial charge in [-0.1, -0.05) is 23.4 Å². The molecule has 1 aromatic carbocycles. The van der Waals surface area contributed by atoms with Crippen LogP contribution in [0, 0.1) is 12.3 Å². The van der Waals surface area contributed by atoms with E-state index in [1.807, 2.05) is 13.0 Å². The van der Waals surface area contributed by atoms with Crippen LogP contribution in [0.15, 0.2) is 46.5 Å². The van der Waals surface area contributed by atoms with E-state index in [9.17, 15) is 13.2 Å². The predicted octanol–water partition coefficient (Wildman–Crippen LogP) is 3.84. The molecule has 0 spiro atoms. The number of benzene rings is 1. The molecule has 1 heterocycles. The molecule has 0 aliphatic rings. The lowest BCUT2D eigenvalue weighted by Crippen LogP contribution is -2.12. The van der Waals surface area contributed by atoms with Gasteiger partial charge in [0.05, 0.1) is 5.56 Å². The van der Waals surface area contributed by atoms with Crippen molar-refractivity contribution in [2.24, 2.45) is 5.73 Å². The quantitative estimate of drug-likeness (QED) is 0.668. The molecule has 0 unspecified atom stereocenters. The Hall–Kier alpha value is -2.02. The van der Waals surface area contributed by atoms with Crippen molar-refractivity contribution in [1.29, 1.82) is 5.41 Å². The Labute approximate surface area is 123 Å². The van der Waals surface area contributed by atoms with Crippen LogP contribution < -0.4 is 5.73 Å². The molecular weight excluding hydrogens is 299 g/mol. The van der Waals surface area contributed by atoms with Crippen LogP contribution in [0.5, 0.6) is 0 Å². The van der Waals surface area contributed by atoms with Gasteiger partial charge in [-0.2, -0.15) is 13.2 Å². The molecule has 3 nitrogen and oxygen atoms in total. The van der Waals surface area contributed by atoms with Crippen molar-refractivity contribution in [1.82, 2.24) is 4.98 Å². The number of nitrogens with zero attached hydrogens (tertiary/aromatic N) is 1. The lowest BCUT2D eigenvalue weighted by molar-refractivity contribution is -0.137. The molecule has 0 aliphatic heterocycles. The van der Waals surface area contributed by atoms with Crippen LogP contribution in [-0.2, 0) is 6.18 Å². The lowest BCUT2D eigenvalue weighted by atomic mass is 10.1. The van der Waals surface area contributed by atoms with Crippen molar-refractivity contribution in [2.45, 2.75) is 23.0 Å². The molecule has 0 bridgehead atoms. The van der Waals surface area contributed by atoms with E-state index in [0.29, 0.717) is 15.5 Å². The number of pyridine rings is 1. The minimum atomic E-state index is -4.40. The third kappa shape index (κ3) is 3.75. The highest BCUT2D eigenvalue weighted by atomic mass is 32.2. The Kier molecular flexibility index (Phi) is 4.22. The number of nitrogens with one attached hydrogen (secondary N) is 1. The van der Waals surface area contributed by atoms with Crippen LogP contribution in [0.4, 0.5) is 13.2 Å². The standard InChI is InChI=1S/C14H12F3N3S/c1-8-2-4-11(10(6-8)13(18)19)21-12-5-3-9(7-20-12)14(15,16)17/h2-7H,1H3,(H3,18,19). The zero-order valence-corrected chi connectivity index (χ0v) is 11.8. The maximum atomic E-state index is 12.5. The first-order valence-corrected chi connectivity index (χ1v) is 6.75. The minimum absolute atomic E-state index is 0.0897. The van der Waals surface area contributed by atoms with E-state index in [1.165, 1.54) is 17.8 Å². The highest BCUT2D eigenvalue weighted by Gasteiger charge is 2.30. The van der Waals surface area contributed by atoms with Gasteiger partial charge in [-0.25, -0.2) is 4.98 Å². The second kappa shape index (κ2) is 5.77. The van der Waals surface area contributed by atoms with Crippen molar-refractivity contribution in [2.75, 3.05) is 0 Å². The summed E-state index contributed by atoms with van der Waals surface area (Å²) in [6.07, 6.45) is -3.60. The number of rotatable bonds is 3. The lowest BCUT2D eigenvalue weighted by Gasteiger charge is -2.10. The highest BCUT2D eigenvalue weighted by molar-refractivity contribution is 7.99. The SMILES string of the molecule is Cc1ccc(Sc2ccc(C(F)(F)F)cn2)c(C(=N)N)c1. The summed E-state index contributed by atoms with van der Waals surface area (Å²) in [5.74, 6) is -0.0897. The molecule has 0 atom stereocenters. The van der Waals surface area contributed by atoms with Crippen LogP contribution in [-0.4, -0.2) is 10.8 Å². The van der Waals surface area contributed by atoms with Gasteiger partial charge < -0.3 is 5.73 Å². The maximum absolute atomic E-state index is 12.5. The van der Waals surface area contributed by atoms with E-state index in [1.54, 1.807) is 12.1 Å². The Morgan fingerprint density at radius 1 is 1.24 bits per heavy atom. The van der Waals surface area contributed by atoms with Gasteiger partial charge >= 0.3 is 6.18 Å². The number of alkyl halides is 3. The summed E-state index contributed by atoms with van der Waals surface area (Å²) in [6.45, 7) is 1.87. The summed E-state index contributed by atoms with van der Waals surface area (Å²) in [4.78, 5) is 4.48. The Morgan fingerprint density at radius 3 is 2.48 bits per heavy atom.